The molecule has 1 aliphatic rings. The van der Waals surface area contributed by atoms with Crippen molar-refractivity contribution in [3.05, 3.63) is 29.1 Å². The van der Waals surface area contributed by atoms with E-state index in [9.17, 15) is 0 Å². The first-order valence-corrected chi connectivity index (χ1v) is 8.40. The van der Waals surface area contributed by atoms with E-state index in [1.54, 1.807) is 7.11 Å². The highest BCUT2D eigenvalue weighted by atomic mass is 16.5. The van der Waals surface area contributed by atoms with E-state index in [4.69, 9.17) is 14.5 Å². The third kappa shape index (κ3) is 4.51. The molecule has 124 valence electrons. The lowest BCUT2D eigenvalue weighted by Crippen LogP contribution is -2.24. The second kappa shape index (κ2) is 8.61. The number of likely N-dealkylation sites (N-methyl/N-ethyl adjacent to an activating group) is 1. The summed E-state index contributed by atoms with van der Waals surface area (Å²) in [6, 6.07) is 4.49. The zero-order valence-electron chi connectivity index (χ0n) is 14.5. The number of ether oxygens (including phenoxy) is 2. The molecule has 4 nitrogen and oxygen atoms in total. The summed E-state index contributed by atoms with van der Waals surface area (Å²) >= 11 is 0. The van der Waals surface area contributed by atoms with Crippen LogP contribution in [0.5, 0.6) is 0 Å². The predicted molar refractivity (Wildman–Crippen MR) is 89.3 cm³/mol. The Labute approximate surface area is 134 Å². The topological polar surface area (TPSA) is 34.6 Å². The van der Waals surface area contributed by atoms with Crippen molar-refractivity contribution >= 4 is 0 Å². The van der Waals surface area contributed by atoms with Gasteiger partial charge < -0.3 is 9.47 Å². The van der Waals surface area contributed by atoms with Crippen molar-refractivity contribution in [2.75, 3.05) is 40.5 Å². The molecule has 22 heavy (non-hydrogen) atoms. The highest BCUT2D eigenvalue weighted by Crippen LogP contribution is 2.29. The molecule has 1 saturated heterocycles. The van der Waals surface area contributed by atoms with Crippen molar-refractivity contribution in [2.24, 2.45) is 0 Å². The fraction of sp³-hybridized carbons (Fsp3) is 0.722. The van der Waals surface area contributed by atoms with E-state index in [2.05, 4.69) is 37.9 Å². The number of hydrogen-bond acceptors (Lipinski definition) is 4. The Kier molecular flexibility index (Phi) is 6.80. The standard InChI is InChI=1S/C18H30N2O2/c1-5-14(2)17-7-6-16(15-8-10-22-13-15)18(19-17)12-20(3)9-11-21-4/h6-7,14-15H,5,8-13H2,1-4H3/t14?,15-/m1/s1. The minimum atomic E-state index is 0.504. The van der Waals surface area contributed by atoms with Gasteiger partial charge in [0.2, 0.25) is 0 Å². The summed E-state index contributed by atoms with van der Waals surface area (Å²) in [6.45, 7) is 8.72. The largest absolute Gasteiger partial charge is 0.383 e. The molecular formula is C18H30N2O2. The molecule has 1 aliphatic heterocycles. The fourth-order valence-corrected chi connectivity index (χ4v) is 2.87. The normalized spacial score (nSPS) is 19.8. The zero-order valence-corrected chi connectivity index (χ0v) is 14.5. The minimum Gasteiger partial charge on any atom is -0.383 e. The molecule has 0 bridgehead atoms. The first kappa shape index (κ1) is 17.4. The van der Waals surface area contributed by atoms with Gasteiger partial charge in [0.1, 0.15) is 0 Å². The van der Waals surface area contributed by atoms with Gasteiger partial charge in [0, 0.05) is 38.4 Å². The summed E-state index contributed by atoms with van der Waals surface area (Å²) in [4.78, 5) is 7.28. The Morgan fingerprint density at radius 3 is 2.91 bits per heavy atom. The van der Waals surface area contributed by atoms with Gasteiger partial charge in [-0.15, -0.1) is 0 Å². The number of rotatable bonds is 8. The van der Waals surface area contributed by atoms with E-state index in [0.29, 0.717) is 11.8 Å². The molecule has 0 aliphatic carbocycles. The van der Waals surface area contributed by atoms with Gasteiger partial charge in [0.15, 0.2) is 0 Å². The quantitative estimate of drug-likeness (QED) is 0.739. The summed E-state index contributed by atoms with van der Waals surface area (Å²) < 4.78 is 10.8. The maximum atomic E-state index is 5.57. The van der Waals surface area contributed by atoms with E-state index in [-0.39, 0.29) is 0 Å². The van der Waals surface area contributed by atoms with Crippen LogP contribution in [0.2, 0.25) is 0 Å². The van der Waals surface area contributed by atoms with Gasteiger partial charge in [-0.3, -0.25) is 9.88 Å². The molecule has 0 aromatic carbocycles. The highest BCUT2D eigenvalue weighted by Gasteiger charge is 2.22. The molecule has 1 unspecified atom stereocenters. The Hall–Kier alpha value is -0.970. The van der Waals surface area contributed by atoms with Gasteiger partial charge in [0.25, 0.3) is 0 Å². The molecule has 2 rings (SSSR count). The number of aromatic nitrogens is 1. The lowest BCUT2D eigenvalue weighted by atomic mass is 9.94. The van der Waals surface area contributed by atoms with Gasteiger partial charge >= 0.3 is 0 Å². The maximum Gasteiger partial charge on any atom is 0.0589 e. The lowest BCUT2D eigenvalue weighted by molar-refractivity contribution is 0.157. The number of nitrogens with zero attached hydrogens (tertiary/aromatic N) is 2. The third-order valence-corrected chi connectivity index (χ3v) is 4.61. The van der Waals surface area contributed by atoms with Crippen LogP contribution < -0.4 is 0 Å². The summed E-state index contributed by atoms with van der Waals surface area (Å²) in [5.41, 5.74) is 3.79. The van der Waals surface area contributed by atoms with Crippen LogP contribution in [-0.4, -0.2) is 50.4 Å². The molecule has 0 amide bonds. The maximum absolute atomic E-state index is 5.57. The van der Waals surface area contributed by atoms with Crippen LogP contribution in [0.3, 0.4) is 0 Å². The molecular weight excluding hydrogens is 276 g/mol. The lowest BCUT2D eigenvalue weighted by Gasteiger charge is -2.21. The van der Waals surface area contributed by atoms with Crippen LogP contribution in [0.25, 0.3) is 0 Å². The Morgan fingerprint density at radius 1 is 1.45 bits per heavy atom. The first-order valence-electron chi connectivity index (χ1n) is 8.40. The molecule has 1 aromatic heterocycles. The van der Waals surface area contributed by atoms with Crippen molar-refractivity contribution in [3.63, 3.8) is 0 Å². The zero-order chi connectivity index (χ0) is 15.9. The van der Waals surface area contributed by atoms with Crippen molar-refractivity contribution in [3.8, 4) is 0 Å². The van der Waals surface area contributed by atoms with Gasteiger partial charge in [-0.2, -0.15) is 0 Å². The molecule has 0 radical (unpaired) electrons. The van der Waals surface area contributed by atoms with Crippen molar-refractivity contribution in [1.82, 2.24) is 9.88 Å². The van der Waals surface area contributed by atoms with E-state index in [1.807, 2.05) is 0 Å². The van der Waals surface area contributed by atoms with E-state index in [0.717, 1.165) is 45.8 Å². The minimum absolute atomic E-state index is 0.504. The summed E-state index contributed by atoms with van der Waals surface area (Å²) in [5.74, 6) is 1.02. The number of methoxy groups -OCH3 is 1. The SMILES string of the molecule is CCC(C)c1ccc([C@@H]2CCOC2)c(CN(C)CCOC)n1. The van der Waals surface area contributed by atoms with Crippen LogP contribution in [0, 0.1) is 0 Å². The van der Waals surface area contributed by atoms with Crippen LogP contribution in [0.4, 0.5) is 0 Å². The van der Waals surface area contributed by atoms with Crippen LogP contribution in [-0.2, 0) is 16.0 Å². The summed E-state index contributed by atoms with van der Waals surface area (Å²) in [5, 5.41) is 0. The molecule has 1 aromatic rings. The average Bonchev–Trinajstić information content (AvgIpc) is 3.06. The van der Waals surface area contributed by atoms with Crippen LogP contribution in [0.1, 0.15) is 55.5 Å². The number of hydrogen-bond donors (Lipinski definition) is 0. The van der Waals surface area contributed by atoms with Crippen LogP contribution >= 0.6 is 0 Å². The predicted octanol–water partition coefficient (Wildman–Crippen LogP) is 3.18. The van der Waals surface area contributed by atoms with Crippen molar-refractivity contribution in [1.29, 1.82) is 0 Å². The van der Waals surface area contributed by atoms with Crippen molar-refractivity contribution < 1.29 is 9.47 Å². The Bertz CT molecular complexity index is 458. The molecule has 2 heterocycles. The van der Waals surface area contributed by atoms with E-state index < -0.39 is 0 Å². The Balaban J connectivity index is 2.20. The molecule has 2 atom stereocenters. The second-order valence-electron chi connectivity index (χ2n) is 6.37. The van der Waals surface area contributed by atoms with Crippen LogP contribution in [0.15, 0.2) is 12.1 Å². The molecule has 0 spiro atoms. The molecule has 1 fully saturated rings. The van der Waals surface area contributed by atoms with Gasteiger partial charge in [-0.05, 0) is 37.4 Å². The fourth-order valence-electron chi connectivity index (χ4n) is 2.87. The van der Waals surface area contributed by atoms with Gasteiger partial charge in [-0.1, -0.05) is 19.9 Å². The Morgan fingerprint density at radius 2 is 2.27 bits per heavy atom. The molecule has 0 N–H and O–H groups in total. The number of pyridine rings is 1. The van der Waals surface area contributed by atoms with Gasteiger partial charge in [0.05, 0.1) is 18.9 Å². The third-order valence-electron chi connectivity index (χ3n) is 4.61. The van der Waals surface area contributed by atoms with Crippen molar-refractivity contribution in [2.45, 2.75) is 45.1 Å². The summed E-state index contributed by atoms with van der Waals surface area (Å²) in [7, 11) is 3.88. The van der Waals surface area contributed by atoms with E-state index >= 15 is 0 Å². The second-order valence-corrected chi connectivity index (χ2v) is 6.37. The molecule has 4 heteroatoms. The first-order chi connectivity index (χ1) is 10.7. The molecule has 0 saturated carbocycles. The van der Waals surface area contributed by atoms with E-state index in [1.165, 1.54) is 17.0 Å². The monoisotopic (exact) mass is 306 g/mol. The van der Waals surface area contributed by atoms with Gasteiger partial charge in [-0.25, -0.2) is 0 Å². The average molecular weight is 306 g/mol. The highest BCUT2D eigenvalue weighted by molar-refractivity contribution is 5.29. The smallest absolute Gasteiger partial charge is 0.0589 e. The summed E-state index contributed by atoms with van der Waals surface area (Å²) in [6.07, 6.45) is 2.23.